The highest BCUT2D eigenvalue weighted by atomic mass is 16.5. The highest BCUT2D eigenvalue weighted by molar-refractivity contribution is 5.20. The van der Waals surface area contributed by atoms with E-state index in [9.17, 15) is 0 Å². The number of hydrogen-bond acceptors (Lipinski definition) is 3. The van der Waals surface area contributed by atoms with Crippen molar-refractivity contribution in [3.8, 4) is 5.75 Å². The molecule has 0 saturated heterocycles. The second kappa shape index (κ2) is 9.06. The molecule has 21 heavy (non-hydrogen) atoms. The summed E-state index contributed by atoms with van der Waals surface area (Å²) in [5.74, 6) is 1.75. The maximum absolute atomic E-state index is 6.10. The van der Waals surface area contributed by atoms with Crippen LogP contribution in [0.15, 0.2) is 30.3 Å². The molecule has 3 nitrogen and oxygen atoms in total. The van der Waals surface area contributed by atoms with Gasteiger partial charge in [-0.2, -0.15) is 0 Å². The van der Waals surface area contributed by atoms with E-state index in [-0.39, 0.29) is 0 Å². The molecule has 2 rings (SSSR count). The van der Waals surface area contributed by atoms with Gasteiger partial charge in [-0.3, -0.25) is 0 Å². The van der Waals surface area contributed by atoms with Gasteiger partial charge >= 0.3 is 0 Å². The number of rotatable bonds is 8. The number of nitrogens with one attached hydrogen (secondary N) is 1. The average molecular weight is 291 g/mol. The molecular weight excluding hydrogens is 262 g/mol. The third-order valence-electron chi connectivity index (χ3n) is 4.40. The Balaban J connectivity index is 1.71. The Labute approximate surface area is 129 Å². The molecule has 0 aliphatic heterocycles. The van der Waals surface area contributed by atoms with E-state index in [0.29, 0.717) is 25.4 Å². The van der Waals surface area contributed by atoms with Crippen molar-refractivity contribution in [3.63, 3.8) is 0 Å². The van der Waals surface area contributed by atoms with Crippen LogP contribution in [0.1, 0.15) is 39.0 Å². The first-order chi connectivity index (χ1) is 10.3. The first-order valence-corrected chi connectivity index (χ1v) is 8.30. The molecule has 3 atom stereocenters. The summed E-state index contributed by atoms with van der Waals surface area (Å²) in [6, 6.07) is 10.4. The van der Waals surface area contributed by atoms with Crippen LogP contribution in [0, 0.1) is 5.92 Å². The van der Waals surface area contributed by atoms with Crippen molar-refractivity contribution >= 4 is 0 Å². The molecule has 1 aromatic carbocycles. The Morgan fingerprint density at radius 1 is 1.14 bits per heavy atom. The van der Waals surface area contributed by atoms with Crippen LogP contribution in [0.4, 0.5) is 0 Å². The predicted molar refractivity (Wildman–Crippen MR) is 86.8 cm³/mol. The van der Waals surface area contributed by atoms with Gasteiger partial charge in [-0.25, -0.2) is 0 Å². The number of likely N-dealkylation sites (N-methyl/N-ethyl adjacent to an activating group) is 1. The van der Waals surface area contributed by atoms with Crippen LogP contribution in [-0.4, -0.2) is 32.4 Å². The number of benzene rings is 1. The zero-order chi connectivity index (χ0) is 14.9. The van der Waals surface area contributed by atoms with Gasteiger partial charge in [0.25, 0.3) is 0 Å². The summed E-state index contributed by atoms with van der Waals surface area (Å²) >= 11 is 0. The Morgan fingerprint density at radius 3 is 2.67 bits per heavy atom. The van der Waals surface area contributed by atoms with Crippen LogP contribution < -0.4 is 10.1 Å². The van der Waals surface area contributed by atoms with E-state index in [0.717, 1.165) is 11.7 Å². The molecule has 1 aliphatic carbocycles. The standard InChI is InChI=1S/C18H29NO2/c1-3-7-15-10-11-17(19-2)18(14-15)21-13-12-20-16-8-5-4-6-9-16/h4-6,8-9,15,17-19H,3,7,10-14H2,1-2H3. The van der Waals surface area contributed by atoms with Crippen molar-refractivity contribution in [3.05, 3.63) is 30.3 Å². The normalized spacial score (nSPS) is 25.7. The van der Waals surface area contributed by atoms with E-state index in [4.69, 9.17) is 9.47 Å². The van der Waals surface area contributed by atoms with Crippen LogP contribution in [0.25, 0.3) is 0 Å². The highest BCUT2D eigenvalue weighted by Gasteiger charge is 2.29. The van der Waals surface area contributed by atoms with E-state index in [2.05, 4.69) is 12.2 Å². The summed E-state index contributed by atoms with van der Waals surface area (Å²) in [7, 11) is 2.04. The smallest absolute Gasteiger partial charge is 0.119 e. The number of para-hydroxylation sites is 1. The quantitative estimate of drug-likeness (QED) is 0.742. The molecule has 0 amide bonds. The minimum atomic E-state index is 0.333. The van der Waals surface area contributed by atoms with Crippen LogP contribution in [0.5, 0.6) is 5.75 Å². The number of hydrogen-bond donors (Lipinski definition) is 1. The van der Waals surface area contributed by atoms with Crippen LogP contribution in [0.3, 0.4) is 0 Å². The zero-order valence-electron chi connectivity index (χ0n) is 13.4. The lowest BCUT2D eigenvalue weighted by Gasteiger charge is -2.36. The summed E-state index contributed by atoms with van der Waals surface area (Å²) in [5, 5.41) is 3.41. The van der Waals surface area contributed by atoms with Gasteiger partial charge in [-0.1, -0.05) is 38.0 Å². The third kappa shape index (κ3) is 5.33. The lowest BCUT2D eigenvalue weighted by atomic mass is 9.81. The maximum atomic E-state index is 6.10. The van der Waals surface area contributed by atoms with Crippen molar-refractivity contribution in [2.75, 3.05) is 20.3 Å². The molecule has 3 heteroatoms. The Kier molecular flexibility index (Phi) is 7.04. The Morgan fingerprint density at radius 2 is 1.95 bits per heavy atom. The van der Waals surface area contributed by atoms with Crippen molar-refractivity contribution in [2.24, 2.45) is 5.92 Å². The SMILES string of the molecule is CCCC1CCC(NC)C(OCCOc2ccccc2)C1. The second-order valence-electron chi connectivity index (χ2n) is 5.93. The average Bonchev–Trinajstić information content (AvgIpc) is 2.53. The molecule has 1 aliphatic rings. The molecule has 0 aromatic heterocycles. The molecule has 1 saturated carbocycles. The van der Waals surface area contributed by atoms with Gasteiger partial charge in [0.2, 0.25) is 0 Å². The van der Waals surface area contributed by atoms with Crippen molar-refractivity contribution in [2.45, 2.75) is 51.2 Å². The minimum Gasteiger partial charge on any atom is -0.491 e. The first-order valence-electron chi connectivity index (χ1n) is 8.30. The van der Waals surface area contributed by atoms with E-state index in [1.54, 1.807) is 0 Å². The second-order valence-corrected chi connectivity index (χ2v) is 5.93. The summed E-state index contributed by atoms with van der Waals surface area (Å²) in [4.78, 5) is 0. The molecular formula is C18H29NO2. The Bertz CT molecular complexity index is 382. The van der Waals surface area contributed by atoms with Crippen molar-refractivity contribution < 1.29 is 9.47 Å². The van der Waals surface area contributed by atoms with E-state index >= 15 is 0 Å². The van der Waals surface area contributed by atoms with E-state index in [1.165, 1.54) is 32.1 Å². The van der Waals surface area contributed by atoms with Crippen molar-refractivity contribution in [1.82, 2.24) is 5.32 Å². The molecule has 0 spiro atoms. The molecule has 0 heterocycles. The van der Waals surface area contributed by atoms with Crippen LogP contribution in [-0.2, 0) is 4.74 Å². The lowest BCUT2D eigenvalue weighted by Crippen LogP contribution is -2.44. The topological polar surface area (TPSA) is 30.5 Å². The highest BCUT2D eigenvalue weighted by Crippen LogP contribution is 2.29. The van der Waals surface area contributed by atoms with Gasteiger partial charge < -0.3 is 14.8 Å². The molecule has 1 fully saturated rings. The van der Waals surface area contributed by atoms with Gasteiger partial charge in [0.05, 0.1) is 12.7 Å². The fourth-order valence-corrected chi connectivity index (χ4v) is 3.27. The third-order valence-corrected chi connectivity index (χ3v) is 4.40. The van der Waals surface area contributed by atoms with Gasteiger partial charge in [-0.05, 0) is 44.4 Å². The van der Waals surface area contributed by atoms with E-state index < -0.39 is 0 Å². The largest absolute Gasteiger partial charge is 0.491 e. The Hall–Kier alpha value is -1.06. The molecule has 1 N–H and O–H groups in total. The minimum absolute atomic E-state index is 0.333. The predicted octanol–water partition coefficient (Wildman–Crippen LogP) is 3.64. The molecule has 1 aromatic rings. The monoisotopic (exact) mass is 291 g/mol. The fourth-order valence-electron chi connectivity index (χ4n) is 3.27. The first kappa shape index (κ1) is 16.3. The molecule has 3 unspecified atom stereocenters. The van der Waals surface area contributed by atoms with Gasteiger partial charge in [-0.15, -0.1) is 0 Å². The summed E-state index contributed by atoms with van der Waals surface area (Å²) in [6.07, 6.45) is 6.69. The fraction of sp³-hybridized carbons (Fsp3) is 0.667. The summed E-state index contributed by atoms with van der Waals surface area (Å²) in [5.41, 5.74) is 0. The number of ether oxygens (including phenoxy) is 2. The zero-order valence-corrected chi connectivity index (χ0v) is 13.4. The van der Waals surface area contributed by atoms with Gasteiger partial charge in [0, 0.05) is 6.04 Å². The maximum Gasteiger partial charge on any atom is 0.119 e. The van der Waals surface area contributed by atoms with Crippen LogP contribution in [0.2, 0.25) is 0 Å². The molecule has 118 valence electrons. The van der Waals surface area contributed by atoms with Gasteiger partial charge in [0.1, 0.15) is 12.4 Å². The van der Waals surface area contributed by atoms with E-state index in [1.807, 2.05) is 37.4 Å². The molecule has 0 bridgehead atoms. The van der Waals surface area contributed by atoms with Crippen molar-refractivity contribution in [1.29, 1.82) is 0 Å². The van der Waals surface area contributed by atoms with Gasteiger partial charge in [0.15, 0.2) is 0 Å². The summed E-state index contributed by atoms with van der Waals surface area (Å²) < 4.78 is 11.8. The molecule has 0 radical (unpaired) electrons. The van der Waals surface area contributed by atoms with Crippen LogP contribution >= 0.6 is 0 Å². The summed E-state index contributed by atoms with van der Waals surface area (Å²) in [6.45, 7) is 3.56. The lowest BCUT2D eigenvalue weighted by molar-refractivity contribution is -0.0200.